The SMILES string of the molecule is COc1cccc(-c2noc(CSc3nnc(SC)s3)n2)c1. The van der Waals surface area contributed by atoms with Crippen molar-refractivity contribution in [3.05, 3.63) is 30.2 Å². The number of hydrogen-bond acceptors (Lipinski definition) is 9. The first-order valence-corrected chi connectivity index (χ1v) is 9.28. The molecule has 22 heavy (non-hydrogen) atoms. The summed E-state index contributed by atoms with van der Waals surface area (Å²) < 4.78 is 12.3. The van der Waals surface area contributed by atoms with Gasteiger partial charge in [-0.25, -0.2) is 0 Å². The molecule has 0 fully saturated rings. The first-order valence-electron chi connectivity index (χ1n) is 6.26. The Balaban J connectivity index is 1.68. The standard InChI is InChI=1S/C13H12N4O2S3/c1-18-9-5-3-4-8(6-9)11-14-10(19-17-11)7-21-13-16-15-12(20-2)22-13/h3-6H,7H2,1-2H3. The maximum absolute atomic E-state index is 5.28. The van der Waals surface area contributed by atoms with Crippen molar-refractivity contribution < 1.29 is 9.26 Å². The average Bonchev–Trinajstić information content (AvgIpc) is 3.22. The molecule has 114 valence electrons. The predicted molar refractivity (Wildman–Crippen MR) is 87.5 cm³/mol. The Morgan fingerprint density at radius 2 is 2.14 bits per heavy atom. The van der Waals surface area contributed by atoms with Gasteiger partial charge in [0.25, 0.3) is 0 Å². The van der Waals surface area contributed by atoms with E-state index in [0.29, 0.717) is 17.5 Å². The summed E-state index contributed by atoms with van der Waals surface area (Å²) in [6, 6.07) is 7.56. The first kappa shape index (κ1) is 15.3. The number of ether oxygens (including phenoxy) is 1. The lowest BCUT2D eigenvalue weighted by molar-refractivity contribution is 0.391. The molecule has 0 N–H and O–H groups in total. The molecule has 0 spiro atoms. The van der Waals surface area contributed by atoms with Crippen LogP contribution in [-0.4, -0.2) is 33.7 Å². The van der Waals surface area contributed by atoms with Crippen molar-refractivity contribution in [1.29, 1.82) is 0 Å². The van der Waals surface area contributed by atoms with Crippen LogP contribution in [0.2, 0.25) is 0 Å². The van der Waals surface area contributed by atoms with E-state index in [-0.39, 0.29) is 0 Å². The molecule has 1 aromatic carbocycles. The van der Waals surface area contributed by atoms with Crippen molar-refractivity contribution in [2.24, 2.45) is 0 Å². The lowest BCUT2D eigenvalue weighted by Gasteiger charge is -1.99. The predicted octanol–water partition coefficient (Wildman–Crippen LogP) is 3.61. The van der Waals surface area contributed by atoms with Crippen LogP contribution in [0.4, 0.5) is 0 Å². The van der Waals surface area contributed by atoms with Gasteiger partial charge in [0, 0.05) is 5.56 Å². The van der Waals surface area contributed by atoms with E-state index >= 15 is 0 Å². The fourth-order valence-electron chi connectivity index (χ4n) is 1.65. The van der Waals surface area contributed by atoms with Gasteiger partial charge in [0.15, 0.2) is 8.68 Å². The molecule has 0 unspecified atom stereocenters. The number of nitrogens with zero attached hydrogens (tertiary/aromatic N) is 4. The fourth-order valence-corrected chi connectivity index (χ4v) is 3.93. The Kier molecular flexibility index (Phi) is 4.96. The highest BCUT2D eigenvalue weighted by Gasteiger charge is 2.11. The van der Waals surface area contributed by atoms with Crippen molar-refractivity contribution >= 4 is 34.9 Å². The van der Waals surface area contributed by atoms with Crippen LogP contribution in [0.3, 0.4) is 0 Å². The summed E-state index contributed by atoms with van der Waals surface area (Å²) >= 11 is 4.68. The lowest BCUT2D eigenvalue weighted by Crippen LogP contribution is -1.85. The highest BCUT2D eigenvalue weighted by molar-refractivity contribution is 8.02. The van der Waals surface area contributed by atoms with Crippen LogP contribution in [-0.2, 0) is 5.75 Å². The molecule has 0 saturated heterocycles. The van der Waals surface area contributed by atoms with Gasteiger partial charge in [-0.1, -0.05) is 52.1 Å². The van der Waals surface area contributed by atoms with Gasteiger partial charge >= 0.3 is 0 Å². The Morgan fingerprint density at radius 3 is 2.91 bits per heavy atom. The number of benzene rings is 1. The molecule has 3 aromatic rings. The van der Waals surface area contributed by atoms with E-state index in [0.717, 1.165) is 20.0 Å². The van der Waals surface area contributed by atoms with Gasteiger partial charge in [-0.2, -0.15) is 4.98 Å². The number of thioether (sulfide) groups is 2. The second-order valence-electron chi connectivity index (χ2n) is 4.07. The molecule has 0 radical (unpaired) electrons. The first-order chi connectivity index (χ1) is 10.8. The van der Waals surface area contributed by atoms with Crippen molar-refractivity contribution in [3.8, 4) is 17.1 Å². The van der Waals surface area contributed by atoms with Gasteiger partial charge in [-0.3, -0.25) is 0 Å². The molecule has 0 atom stereocenters. The molecule has 2 heterocycles. The summed E-state index contributed by atoms with van der Waals surface area (Å²) in [4.78, 5) is 4.39. The molecule has 0 aliphatic rings. The summed E-state index contributed by atoms with van der Waals surface area (Å²) in [5.74, 6) is 2.44. The summed E-state index contributed by atoms with van der Waals surface area (Å²) in [7, 11) is 1.63. The van der Waals surface area contributed by atoms with Gasteiger partial charge in [-0.05, 0) is 18.4 Å². The smallest absolute Gasteiger partial charge is 0.237 e. The van der Waals surface area contributed by atoms with Gasteiger partial charge in [-0.15, -0.1) is 10.2 Å². The number of methoxy groups -OCH3 is 1. The summed E-state index contributed by atoms with van der Waals surface area (Å²) in [6.45, 7) is 0. The second-order valence-corrected chi connectivity index (χ2v) is 7.32. The highest BCUT2D eigenvalue weighted by Crippen LogP contribution is 2.30. The van der Waals surface area contributed by atoms with E-state index in [2.05, 4.69) is 20.3 Å². The Labute approximate surface area is 139 Å². The van der Waals surface area contributed by atoms with Gasteiger partial charge in [0.2, 0.25) is 11.7 Å². The fraction of sp³-hybridized carbons (Fsp3) is 0.231. The van der Waals surface area contributed by atoms with E-state index in [1.807, 2.05) is 30.5 Å². The largest absolute Gasteiger partial charge is 0.497 e. The third kappa shape index (κ3) is 3.60. The van der Waals surface area contributed by atoms with Crippen molar-refractivity contribution in [1.82, 2.24) is 20.3 Å². The van der Waals surface area contributed by atoms with Crippen LogP contribution >= 0.6 is 34.9 Å². The van der Waals surface area contributed by atoms with Gasteiger partial charge < -0.3 is 9.26 Å². The number of aromatic nitrogens is 4. The monoisotopic (exact) mass is 352 g/mol. The second kappa shape index (κ2) is 7.12. The van der Waals surface area contributed by atoms with Gasteiger partial charge in [0.05, 0.1) is 12.9 Å². The Hall–Kier alpha value is -1.58. The minimum Gasteiger partial charge on any atom is -0.497 e. The molecule has 9 heteroatoms. The summed E-state index contributed by atoms with van der Waals surface area (Å²) in [5, 5.41) is 12.1. The van der Waals surface area contributed by atoms with E-state index in [9.17, 15) is 0 Å². The molecule has 6 nitrogen and oxygen atoms in total. The minimum absolute atomic E-state index is 0.552. The van der Waals surface area contributed by atoms with Crippen LogP contribution in [0, 0.1) is 0 Å². The molecule has 0 saturated carbocycles. The molecular formula is C13H12N4O2S3. The third-order valence-corrected chi connectivity index (χ3v) is 5.69. The molecule has 0 aliphatic heterocycles. The van der Waals surface area contributed by atoms with E-state index in [1.165, 1.54) is 11.8 Å². The Bertz CT molecular complexity index is 759. The van der Waals surface area contributed by atoms with E-state index in [4.69, 9.17) is 9.26 Å². The van der Waals surface area contributed by atoms with Crippen LogP contribution in [0.1, 0.15) is 5.89 Å². The number of hydrogen-bond donors (Lipinski definition) is 0. The van der Waals surface area contributed by atoms with Crippen LogP contribution < -0.4 is 4.74 Å². The Morgan fingerprint density at radius 1 is 1.27 bits per heavy atom. The minimum atomic E-state index is 0.552. The summed E-state index contributed by atoms with van der Waals surface area (Å²) in [5.41, 5.74) is 0.861. The molecule has 0 bridgehead atoms. The van der Waals surface area contributed by atoms with E-state index in [1.54, 1.807) is 30.2 Å². The molecule has 0 amide bonds. The topological polar surface area (TPSA) is 73.9 Å². The van der Waals surface area contributed by atoms with Crippen LogP contribution in [0.5, 0.6) is 5.75 Å². The van der Waals surface area contributed by atoms with Crippen LogP contribution in [0.15, 0.2) is 37.5 Å². The molecule has 0 aliphatic carbocycles. The van der Waals surface area contributed by atoms with Gasteiger partial charge in [0.1, 0.15) is 5.75 Å². The third-order valence-electron chi connectivity index (χ3n) is 2.68. The average molecular weight is 352 g/mol. The normalized spacial score (nSPS) is 10.8. The quantitative estimate of drug-likeness (QED) is 0.623. The zero-order chi connectivity index (χ0) is 15.4. The van der Waals surface area contributed by atoms with Crippen molar-refractivity contribution in [2.45, 2.75) is 14.4 Å². The van der Waals surface area contributed by atoms with E-state index < -0.39 is 0 Å². The highest BCUT2D eigenvalue weighted by atomic mass is 32.2. The molecular weight excluding hydrogens is 340 g/mol. The summed E-state index contributed by atoms with van der Waals surface area (Å²) in [6.07, 6.45) is 1.98. The van der Waals surface area contributed by atoms with Crippen molar-refractivity contribution in [3.63, 3.8) is 0 Å². The number of rotatable bonds is 6. The zero-order valence-corrected chi connectivity index (χ0v) is 14.3. The molecule has 2 aromatic heterocycles. The van der Waals surface area contributed by atoms with Crippen molar-refractivity contribution in [2.75, 3.05) is 13.4 Å². The zero-order valence-electron chi connectivity index (χ0n) is 11.8. The van der Waals surface area contributed by atoms with Crippen LogP contribution in [0.25, 0.3) is 11.4 Å². The molecule has 3 rings (SSSR count). The lowest BCUT2D eigenvalue weighted by atomic mass is 10.2. The maximum atomic E-state index is 5.28. The maximum Gasteiger partial charge on any atom is 0.237 e.